The summed E-state index contributed by atoms with van der Waals surface area (Å²) in [6.45, 7) is 0. The lowest BCUT2D eigenvalue weighted by atomic mass is 10.1. The summed E-state index contributed by atoms with van der Waals surface area (Å²) in [7, 11) is -1.49. The summed E-state index contributed by atoms with van der Waals surface area (Å²) in [4.78, 5) is 14.9. The van der Waals surface area contributed by atoms with E-state index in [2.05, 4.69) is 4.98 Å². The molecule has 1 atom stereocenters. The molecule has 1 fully saturated rings. The predicted molar refractivity (Wildman–Crippen MR) is 76.0 cm³/mol. The van der Waals surface area contributed by atoms with Gasteiger partial charge < -0.3 is 9.72 Å². The van der Waals surface area contributed by atoms with Gasteiger partial charge in [-0.25, -0.2) is 13.2 Å². The average molecular weight is 296 g/mol. The topological polar surface area (TPSA) is 81.2 Å². The number of rotatable bonds is 2. The van der Waals surface area contributed by atoms with E-state index in [4.69, 9.17) is 4.74 Å². The van der Waals surface area contributed by atoms with Crippen LogP contribution < -0.4 is 10.4 Å². The molecule has 1 unspecified atom stereocenters. The van der Waals surface area contributed by atoms with Gasteiger partial charge in [-0.2, -0.15) is 0 Å². The highest BCUT2D eigenvalue weighted by Crippen LogP contribution is 2.26. The second-order valence-electron chi connectivity index (χ2n) is 5.09. The van der Waals surface area contributed by atoms with Crippen molar-refractivity contribution in [3.63, 3.8) is 0 Å². The van der Waals surface area contributed by atoms with E-state index in [1.165, 1.54) is 0 Å². The minimum Gasteiger partial charge on any atom is -0.497 e. The third-order valence-electron chi connectivity index (χ3n) is 3.73. The maximum absolute atomic E-state index is 12.1. The third-order valence-corrected chi connectivity index (χ3v) is 5.53. The minimum absolute atomic E-state index is 0.0336. The predicted octanol–water partition coefficient (Wildman–Crippen LogP) is 1.09. The zero-order valence-electron chi connectivity index (χ0n) is 11.1. The standard InChI is InChI=1S/C13H16N2O4S/c1-19-10-4-5-12-11(7-10)14-13(16)15(12)9-3-2-6-20(17,18)8-9/h4-5,7,9H,2-3,6,8H2,1H3,(H,14,16). The van der Waals surface area contributed by atoms with Crippen molar-refractivity contribution in [1.82, 2.24) is 9.55 Å². The monoisotopic (exact) mass is 296 g/mol. The van der Waals surface area contributed by atoms with E-state index in [1.54, 1.807) is 29.9 Å². The fourth-order valence-electron chi connectivity index (χ4n) is 2.80. The van der Waals surface area contributed by atoms with E-state index in [-0.39, 0.29) is 23.2 Å². The summed E-state index contributed by atoms with van der Waals surface area (Å²) >= 11 is 0. The first-order valence-electron chi connectivity index (χ1n) is 6.49. The van der Waals surface area contributed by atoms with Crippen LogP contribution in [-0.2, 0) is 9.84 Å². The van der Waals surface area contributed by atoms with Gasteiger partial charge in [0.1, 0.15) is 5.75 Å². The van der Waals surface area contributed by atoms with Crippen molar-refractivity contribution in [1.29, 1.82) is 0 Å². The zero-order chi connectivity index (χ0) is 14.3. The molecule has 108 valence electrons. The molecule has 1 aromatic heterocycles. The van der Waals surface area contributed by atoms with Crippen LogP contribution in [0, 0.1) is 0 Å². The molecular weight excluding hydrogens is 280 g/mol. The maximum Gasteiger partial charge on any atom is 0.326 e. The Hall–Kier alpha value is -1.76. The molecule has 0 aliphatic carbocycles. The van der Waals surface area contributed by atoms with Crippen LogP contribution in [-0.4, -0.2) is 36.6 Å². The van der Waals surface area contributed by atoms with Gasteiger partial charge in [-0.1, -0.05) is 0 Å². The molecule has 0 saturated carbocycles. The number of sulfone groups is 1. The number of imidazole rings is 1. The van der Waals surface area contributed by atoms with E-state index < -0.39 is 9.84 Å². The number of nitrogens with zero attached hydrogens (tertiary/aromatic N) is 1. The lowest BCUT2D eigenvalue weighted by Gasteiger charge is -2.23. The Morgan fingerprint density at radius 2 is 2.20 bits per heavy atom. The molecule has 2 heterocycles. The number of hydrogen-bond donors (Lipinski definition) is 1. The van der Waals surface area contributed by atoms with Crippen LogP contribution in [0.1, 0.15) is 18.9 Å². The van der Waals surface area contributed by atoms with Crippen LogP contribution in [0.2, 0.25) is 0 Å². The Labute approximate surface area is 116 Å². The average Bonchev–Trinajstić information content (AvgIpc) is 2.72. The van der Waals surface area contributed by atoms with Crippen molar-refractivity contribution >= 4 is 20.9 Å². The zero-order valence-corrected chi connectivity index (χ0v) is 11.9. The molecule has 1 aromatic carbocycles. The molecule has 0 amide bonds. The number of methoxy groups -OCH3 is 1. The van der Waals surface area contributed by atoms with Gasteiger partial charge in [0.15, 0.2) is 9.84 Å². The molecular formula is C13H16N2O4S. The second-order valence-corrected chi connectivity index (χ2v) is 7.32. The molecule has 1 saturated heterocycles. The van der Waals surface area contributed by atoms with Crippen LogP contribution in [0.5, 0.6) is 5.75 Å². The van der Waals surface area contributed by atoms with Crippen molar-refractivity contribution < 1.29 is 13.2 Å². The van der Waals surface area contributed by atoms with Gasteiger partial charge >= 0.3 is 5.69 Å². The summed E-state index contributed by atoms with van der Waals surface area (Å²) in [5, 5.41) is 0. The summed E-state index contributed by atoms with van der Waals surface area (Å²) in [6, 6.07) is 5.00. The first-order valence-corrected chi connectivity index (χ1v) is 8.31. The fourth-order valence-corrected chi connectivity index (χ4v) is 4.48. The number of H-pyrrole nitrogens is 1. The Bertz CT molecular complexity index is 803. The van der Waals surface area contributed by atoms with Crippen LogP contribution in [0.15, 0.2) is 23.0 Å². The number of benzene rings is 1. The Morgan fingerprint density at radius 3 is 2.90 bits per heavy atom. The molecule has 0 spiro atoms. The Morgan fingerprint density at radius 1 is 1.40 bits per heavy atom. The van der Waals surface area contributed by atoms with Gasteiger partial charge in [0.2, 0.25) is 0 Å². The lowest BCUT2D eigenvalue weighted by Crippen LogP contribution is -2.32. The smallest absolute Gasteiger partial charge is 0.326 e. The Balaban J connectivity index is 2.11. The molecule has 0 radical (unpaired) electrons. The molecule has 0 bridgehead atoms. The van der Waals surface area contributed by atoms with Crippen molar-refractivity contribution in [2.75, 3.05) is 18.6 Å². The van der Waals surface area contributed by atoms with Gasteiger partial charge in [-0.05, 0) is 25.0 Å². The quantitative estimate of drug-likeness (QED) is 0.899. The summed E-state index contributed by atoms with van der Waals surface area (Å²) in [5.41, 5.74) is 1.12. The van der Waals surface area contributed by atoms with E-state index >= 15 is 0 Å². The van der Waals surface area contributed by atoms with Crippen LogP contribution >= 0.6 is 0 Å². The number of aromatic nitrogens is 2. The fraction of sp³-hybridized carbons (Fsp3) is 0.462. The number of ether oxygens (including phenoxy) is 1. The van der Waals surface area contributed by atoms with Crippen molar-refractivity contribution in [3.05, 3.63) is 28.7 Å². The highest BCUT2D eigenvalue weighted by atomic mass is 32.2. The molecule has 1 aliphatic heterocycles. The van der Waals surface area contributed by atoms with Gasteiger partial charge in [0.05, 0.1) is 35.7 Å². The summed E-state index contributed by atoms with van der Waals surface area (Å²) in [6.07, 6.45) is 1.31. The normalized spacial score (nSPS) is 21.9. The SMILES string of the molecule is COc1ccc2c(c1)[nH]c(=O)n2C1CCCS(=O)(=O)C1. The molecule has 20 heavy (non-hydrogen) atoms. The van der Waals surface area contributed by atoms with Crippen molar-refractivity contribution in [3.8, 4) is 5.75 Å². The highest BCUT2D eigenvalue weighted by Gasteiger charge is 2.28. The number of hydrogen-bond acceptors (Lipinski definition) is 4. The second kappa shape index (κ2) is 4.66. The van der Waals surface area contributed by atoms with E-state index in [0.29, 0.717) is 24.1 Å². The third kappa shape index (κ3) is 2.22. The molecule has 2 aromatic rings. The van der Waals surface area contributed by atoms with E-state index in [9.17, 15) is 13.2 Å². The van der Waals surface area contributed by atoms with Crippen molar-refractivity contribution in [2.24, 2.45) is 0 Å². The largest absolute Gasteiger partial charge is 0.497 e. The highest BCUT2D eigenvalue weighted by molar-refractivity contribution is 7.91. The van der Waals surface area contributed by atoms with E-state index in [0.717, 1.165) is 5.52 Å². The molecule has 6 nitrogen and oxygen atoms in total. The van der Waals surface area contributed by atoms with Gasteiger partial charge in [0.25, 0.3) is 0 Å². The summed E-state index contributed by atoms with van der Waals surface area (Å²) in [5.74, 6) is 0.905. The molecule has 1 N–H and O–H groups in total. The molecule has 3 rings (SSSR count). The van der Waals surface area contributed by atoms with Crippen LogP contribution in [0.3, 0.4) is 0 Å². The number of aromatic amines is 1. The van der Waals surface area contributed by atoms with Crippen molar-refractivity contribution in [2.45, 2.75) is 18.9 Å². The van der Waals surface area contributed by atoms with Gasteiger partial charge in [0, 0.05) is 6.07 Å². The number of nitrogens with one attached hydrogen (secondary N) is 1. The number of fused-ring (bicyclic) bond motifs is 1. The Kier molecular flexibility index (Phi) is 3.08. The van der Waals surface area contributed by atoms with Crippen LogP contribution in [0.4, 0.5) is 0 Å². The minimum atomic E-state index is -3.05. The lowest BCUT2D eigenvalue weighted by molar-refractivity contribution is 0.415. The molecule has 1 aliphatic rings. The first kappa shape index (κ1) is 13.2. The first-order chi connectivity index (χ1) is 9.50. The van der Waals surface area contributed by atoms with Gasteiger partial charge in [-0.15, -0.1) is 0 Å². The summed E-state index contributed by atoms with van der Waals surface area (Å²) < 4.78 is 30.2. The molecule has 7 heteroatoms. The van der Waals surface area contributed by atoms with E-state index in [1.807, 2.05) is 0 Å². The van der Waals surface area contributed by atoms with Crippen LogP contribution in [0.25, 0.3) is 11.0 Å². The van der Waals surface area contributed by atoms with Gasteiger partial charge in [-0.3, -0.25) is 4.57 Å². The maximum atomic E-state index is 12.1.